The standard InChI is InChI=1S/C14H18N6S/c1-2-15-14(21)20-12-8-16-10-5-6-11(18-13(10)19-12)17-7-9-3-4-9/h5-6,8-9H,2-4,7H2,1H3,(H3,15,17,18,19,20,21). The topological polar surface area (TPSA) is 74.8 Å². The van der Waals surface area contributed by atoms with Crippen molar-refractivity contribution < 1.29 is 0 Å². The van der Waals surface area contributed by atoms with Crippen LogP contribution < -0.4 is 16.0 Å². The van der Waals surface area contributed by atoms with Crippen LogP contribution in [0.4, 0.5) is 11.6 Å². The second kappa shape index (κ2) is 6.17. The number of rotatable bonds is 5. The number of hydrogen-bond acceptors (Lipinski definition) is 5. The highest BCUT2D eigenvalue weighted by Gasteiger charge is 2.20. The summed E-state index contributed by atoms with van der Waals surface area (Å²) in [5.41, 5.74) is 1.38. The summed E-state index contributed by atoms with van der Waals surface area (Å²) in [5, 5.41) is 9.89. The minimum atomic E-state index is 0.536. The van der Waals surface area contributed by atoms with Gasteiger partial charge in [-0.15, -0.1) is 0 Å². The Hall–Kier alpha value is -2.02. The van der Waals surface area contributed by atoms with E-state index in [2.05, 4.69) is 30.9 Å². The largest absolute Gasteiger partial charge is 0.370 e. The SMILES string of the molecule is CCNC(=S)Nc1cnc2ccc(NCC3CC3)nc2n1. The summed E-state index contributed by atoms with van der Waals surface area (Å²) in [5.74, 6) is 2.24. The van der Waals surface area contributed by atoms with Crippen LogP contribution in [0.2, 0.25) is 0 Å². The van der Waals surface area contributed by atoms with Crippen LogP contribution in [0.3, 0.4) is 0 Å². The van der Waals surface area contributed by atoms with Gasteiger partial charge in [0.05, 0.1) is 6.20 Å². The van der Waals surface area contributed by atoms with E-state index in [1.165, 1.54) is 12.8 Å². The van der Waals surface area contributed by atoms with E-state index in [0.29, 0.717) is 16.6 Å². The fourth-order valence-corrected chi connectivity index (χ4v) is 2.20. The van der Waals surface area contributed by atoms with Crippen molar-refractivity contribution in [1.82, 2.24) is 20.3 Å². The molecule has 2 aromatic heterocycles. The summed E-state index contributed by atoms with van der Waals surface area (Å²) >= 11 is 5.14. The zero-order valence-corrected chi connectivity index (χ0v) is 12.7. The summed E-state index contributed by atoms with van der Waals surface area (Å²) in [4.78, 5) is 13.3. The monoisotopic (exact) mass is 302 g/mol. The predicted molar refractivity (Wildman–Crippen MR) is 88.4 cm³/mol. The van der Waals surface area contributed by atoms with Crippen LogP contribution in [0.1, 0.15) is 19.8 Å². The number of thiocarbonyl (C=S) groups is 1. The lowest BCUT2D eigenvalue weighted by molar-refractivity contribution is 0.883. The van der Waals surface area contributed by atoms with Gasteiger partial charge in [0.15, 0.2) is 16.6 Å². The molecular formula is C14H18N6S. The van der Waals surface area contributed by atoms with Crippen molar-refractivity contribution in [3.63, 3.8) is 0 Å². The Bertz CT molecular complexity index is 655. The maximum atomic E-state index is 5.14. The first-order valence-corrected chi connectivity index (χ1v) is 7.58. The van der Waals surface area contributed by atoms with Crippen LogP contribution in [0.5, 0.6) is 0 Å². The van der Waals surface area contributed by atoms with E-state index in [-0.39, 0.29) is 0 Å². The van der Waals surface area contributed by atoms with Gasteiger partial charge in [0.25, 0.3) is 0 Å². The number of pyridine rings is 1. The van der Waals surface area contributed by atoms with Gasteiger partial charge in [-0.1, -0.05) is 0 Å². The molecule has 1 fully saturated rings. The Labute approximate surface area is 128 Å². The number of nitrogens with zero attached hydrogens (tertiary/aromatic N) is 3. The first-order chi connectivity index (χ1) is 10.2. The lowest BCUT2D eigenvalue weighted by Crippen LogP contribution is -2.28. The van der Waals surface area contributed by atoms with Crippen molar-refractivity contribution in [3.05, 3.63) is 18.3 Å². The van der Waals surface area contributed by atoms with Crippen molar-refractivity contribution in [3.8, 4) is 0 Å². The zero-order chi connectivity index (χ0) is 14.7. The third-order valence-corrected chi connectivity index (χ3v) is 3.50. The Kier molecular flexibility index (Phi) is 4.10. The highest BCUT2D eigenvalue weighted by Crippen LogP contribution is 2.28. The third kappa shape index (κ3) is 3.75. The summed E-state index contributed by atoms with van der Waals surface area (Å²) < 4.78 is 0. The number of anilines is 2. The van der Waals surface area contributed by atoms with Crippen LogP contribution in [-0.4, -0.2) is 33.2 Å². The normalized spacial score (nSPS) is 14.0. The number of fused-ring (bicyclic) bond motifs is 1. The van der Waals surface area contributed by atoms with Crippen molar-refractivity contribution >= 4 is 40.1 Å². The van der Waals surface area contributed by atoms with Crippen LogP contribution in [-0.2, 0) is 0 Å². The molecule has 0 atom stereocenters. The molecule has 0 spiro atoms. The molecule has 3 rings (SSSR count). The minimum Gasteiger partial charge on any atom is -0.370 e. The molecule has 110 valence electrons. The van der Waals surface area contributed by atoms with Gasteiger partial charge < -0.3 is 16.0 Å². The fourth-order valence-electron chi connectivity index (χ4n) is 1.95. The molecule has 3 N–H and O–H groups in total. The van der Waals surface area contributed by atoms with Crippen LogP contribution >= 0.6 is 12.2 Å². The van der Waals surface area contributed by atoms with E-state index in [1.54, 1.807) is 6.20 Å². The second-order valence-corrected chi connectivity index (χ2v) is 5.51. The Balaban J connectivity index is 1.75. The quantitative estimate of drug-likeness (QED) is 0.731. The van der Waals surface area contributed by atoms with Crippen molar-refractivity contribution in [2.75, 3.05) is 23.7 Å². The summed E-state index contributed by atoms with van der Waals surface area (Å²) in [6.07, 6.45) is 4.29. The van der Waals surface area contributed by atoms with E-state index in [9.17, 15) is 0 Å². The first kappa shape index (κ1) is 13.9. The fraction of sp³-hybridized carbons (Fsp3) is 0.429. The van der Waals surface area contributed by atoms with Gasteiger partial charge in [0, 0.05) is 13.1 Å². The van der Waals surface area contributed by atoms with Crippen LogP contribution in [0.25, 0.3) is 11.2 Å². The highest BCUT2D eigenvalue weighted by atomic mass is 32.1. The van der Waals surface area contributed by atoms with E-state index in [0.717, 1.165) is 30.3 Å². The smallest absolute Gasteiger partial charge is 0.182 e. The Morgan fingerprint density at radius 1 is 1.29 bits per heavy atom. The minimum absolute atomic E-state index is 0.536. The Morgan fingerprint density at radius 2 is 2.10 bits per heavy atom. The van der Waals surface area contributed by atoms with E-state index >= 15 is 0 Å². The van der Waals surface area contributed by atoms with Gasteiger partial charge in [0.1, 0.15) is 11.3 Å². The molecule has 0 aliphatic heterocycles. The Morgan fingerprint density at radius 3 is 2.86 bits per heavy atom. The van der Waals surface area contributed by atoms with Gasteiger partial charge >= 0.3 is 0 Å². The molecule has 0 amide bonds. The summed E-state index contributed by atoms with van der Waals surface area (Å²) in [6, 6.07) is 3.87. The molecule has 2 aromatic rings. The molecular weight excluding hydrogens is 284 g/mol. The van der Waals surface area contributed by atoms with Gasteiger partial charge in [-0.3, -0.25) is 0 Å². The molecule has 0 aromatic carbocycles. The first-order valence-electron chi connectivity index (χ1n) is 7.17. The third-order valence-electron chi connectivity index (χ3n) is 3.25. The van der Waals surface area contributed by atoms with Gasteiger partial charge in [-0.05, 0) is 50.0 Å². The average Bonchev–Trinajstić information content (AvgIpc) is 3.29. The second-order valence-electron chi connectivity index (χ2n) is 5.10. The van der Waals surface area contributed by atoms with Crippen molar-refractivity contribution in [2.24, 2.45) is 5.92 Å². The maximum Gasteiger partial charge on any atom is 0.182 e. The highest BCUT2D eigenvalue weighted by molar-refractivity contribution is 7.80. The molecule has 1 aliphatic rings. The molecule has 2 heterocycles. The van der Waals surface area contributed by atoms with Crippen LogP contribution in [0.15, 0.2) is 18.3 Å². The van der Waals surface area contributed by atoms with E-state index < -0.39 is 0 Å². The average molecular weight is 302 g/mol. The molecule has 6 nitrogen and oxygen atoms in total. The van der Waals surface area contributed by atoms with Crippen molar-refractivity contribution in [1.29, 1.82) is 0 Å². The van der Waals surface area contributed by atoms with Gasteiger partial charge in [-0.25, -0.2) is 15.0 Å². The molecule has 0 saturated heterocycles. The molecule has 0 radical (unpaired) electrons. The number of aromatic nitrogens is 3. The van der Waals surface area contributed by atoms with E-state index in [4.69, 9.17) is 12.2 Å². The van der Waals surface area contributed by atoms with E-state index in [1.807, 2.05) is 19.1 Å². The van der Waals surface area contributed by atoms with Gasteiger partial charge in [0.2, 0.25) is 0 Å². The molecule has 1 saturated carbocycles. The zero-order valence-electron chi connectivity index (χ0n) is 11.9. The molecule has 0 unspecified atom stereocenters. The predicted octanol–water partition coefficient (Wildman–Crippen LogP) is 2.15. The number of hydrogen-bond donors (Lipinski definition) is 3. The molecule has 1 aliphatic carbocycles. The molecule has 7 heteroatoms. The molecule has 21 heavy (non-hydrogen) atoms. The maximum absolute atomic E-state index is 5.14. The number of nitrogens with one attached hydrogen (secondary N) is 3. The van der Waals surface area contributed by atoms with Crippen molar-refractivity contribution in [2.45, 2.75) is 19.8 Å². The lowest BCUT2D eigenvalue weighted by atomic mass is 10.3. The van der Waals surface area contributed by atoms with Gasteiger partial charge in [-0.2, -0.15) is 0 Å². The summed E-state index contributed by atoms with van der Waals surface area (Å²) in [7, 11) is 0. The molecule has 0 bridgehead atoms. The van der Waals surface area contributed by atoms with Crippen LogP contribution in [0, 0.1) is 5.92 Å². The lowest BCUT2D eigenvalue weighted by Gasteiger charge is -2.09. The summed E-state index contributed by atoms with van der Waals surface area (Å²) in [6.45, 7) is 3.73.